The van der Waals surface area contributed by atoms with Crippen molar-refractivity contribution in [2.24, 2.45) is 12.0 Å². The normalized spacial score (nSPS) is 8.56. The van der Waals surface area contributed by atoms with Crippen LogP contribution in [0.1, 0.15) is 0 Å². The van der Waals surface area contributed by atoms with Gasteiger partial charge in [-0.2, -0.15) is 10.1 Å². The quantitative estimate of drug-likeness (QED) is 0.431. The molecule has 9 heavy (non-hydrogen) atoms. The van der Waals surface area contributed by atoms with Crippen LogP contribution in [0.25, 0.3) is 0 Å². The number of isothiocyanates is 1. The fourth-order valence-electron chi connectivity index (χ4n) is 0.523. The van der Waals surface area contributed by atoms with E-state index >= 15 is 0 Å². The highest BCUT2D eigenvalue weighted by Gasteiger charge is 1.90. The molecule has 0 saturated carbocycles. The number of hydrogen-bond acceptors (Lipinski definition) is 3. The van der Waals surface area contributed by atoms with Crippen molar-refractivity contribution in [3.05, 3.63) is 12.3 Å². The van der Waals surface area contributed by atoms with Crippen LogP contribution < -0.4 is 0 Å². The minimum atomic E-state index is 0.727. The Morgan fingerprint density at radius 1 is 1.89 bits per heavy atom. The third-order valence-corrected chi connectivity index (χ3v) is 1.05. The molecule has 1 aromatic rings. The first-order chi connectivity index (χ1) is 4.34. The fraction of sp³-hybridized carbons (Fsp3) is 0.200. The molecule has 0 unspecified atom stereocenters. The molecular formula is C5H5N3S. The van der Waals surface area contributed by atoms with Gasteiger partial charge >= 0.3 is 0 Å². The molecule has 0 aromatic carbocycles. The summed E-state index contributed by atoms with van der Waals surface area (Å²) >= 11 is 4.40. The van der Waals surface area contributed by atoms with Crippen molar-refractivity contribution in [3.8, 4) is 0 Å². The Bertz CT molecular complexity index is 246. The summed E-state index contributed by atoms with van der Waals surface area (Å²) < 4.78 is 1.62. The molecule has 46 valence electrons. The van der Waals surface area contributed by atoms with E-state index in [-0.39, 0.29) is 0 Å². The molecule has 0 saturated heterocycles. The van der Waals surface area contributed by atoms with E-state index in [1.54, 1.807) is 24.0 Å². The Morgan fingerprint density at radius 3 is 3.11 bits per heavy atom. The Morgan fingerprint density at radius 2 is 2.67 bits per heavy atom. The molecule has 0 aliphatic carbocycles. The van der Waals surface area contributed by atoms with Crippen LogP contribution in [0.2, 0.25) is 0 Å². The standard InChI is InChI=1S/C5H5N3S/c1-8-5(6-4-9)2-3-7-8/h2-3H,1H3. The largest absolute Gasteiger partial charge is 0.250 e. The van der Waals surface area contributed by atoms with Crippen molar-refractivity contribution in [1.82, 2.24) is 9.78 Å². The summed E-state index contributed by atoms with van der Waals surface area (Å²) in [6.07, 6.45) is 1.66. The summed E-state index contributed by atoms with van der Waals surface area (Å²) in [6, 6.07) is 1.76. The summed E-state index contributed by atoms with van der Waals surface area (Å²) in [5.74, 6) is 0.727. The van der Waals surface area contributed by atoms with Crippen molar-refractivity contribution < 1.29 is 0 Å². The van der Waals surface area contributed by atoms with Gasteiger partial charge in [0.05, 0.1) is 11.4 Å². The molecule has 3 nitrogen and oxygen atoms in total. The molecule has 1 aromatic heterocycles. The Balaban J connectivity index is 3.07. The topological polar surface area (TPSA) is 30.2 Å². The number of aromatic nitrogens is 2. The molecule has 0 N–H and O–H groups in total. The van der Waals surface area contributed by atoms with Crippen molar-refractivity contribution >= 4 is 23.2 Å². The Labute approximate surface area is 58.0 Å². The van der Waals surface area contributed by atoms with Gasteiger partial charge in [-0.3, -0.25) is 4.68 Å². The maximum Gasteiger partial charge on any atom is 0.160 e. The number of aryl methyl sites for hydroxylation is 1. The van der Waals surface area contributed by atoms with E-state index in [9.17, 15) is 0 Å². The summed E-state index contributed by atoms with van der Waals surface area (Å²) in [5.41, 5.74) is 0. The number of hydrogen-bond donors (Lipinski definition) is 0. The molecule has 0 aliphatic rings. The lowest BCUT2D eigenvalue weighted by Crippen LogP contribution is -1.86. The number of nitrogens with zero attached hydrogens (tertiary/aromatic N) is 3. The summed E-state index contributed by atoms with van der Waals surface area (Å²) in [5, 5.41) is 6.13. The highest BCUT2D eigenvalue weighted by Crippen LogP contribution is 2.05. The minimum absolute atomic E-state index is 0.727. The molecule has 0 bridgehead atoms. The average molecular weight is 139 g/mol. The SMILES string of the molecule is Cn1nccc1N=C=S. The molecule has 0 atom stereocenters. The molecule has 0 aliphatic heterocycles. The van der Waals surface area contributed by atoms with Crippen LogP contribution in [0.3, 0.4) is 0 Å². The van der Waals surface area contributed by atoms with E-state index in [1.807, 2.05) is 0 Å². The van der Waals surface area contributed by atoms with E-state index in [0.717, 1.165) is 5.82 Å². The van der Waals surface area contributed by atoms with Crippen molar-refractivity contribution in [2.75, 3.05) is 0 Å². The van der Waals surface area contributed by atoms with Crippen LogP contribution in [0.4, 0.5) is 5.82 Å². The average Bonchev–Trinajstić information content (AvgIpc) is 2.18. The van der Waals surface area contributed by atoms with Gasteiger partial charge in [-0.25, -0.2) is 0 Å². The van der Waals surface area contributed by atoms with Crippen LogP contribution in [0.5, 0.6) is 0 Å². The molecule has 1 rings (SSSR count). The van der Waals surface area contributed by atoms with Crippen LogP contribution >= 0.6 is 12.2 Å². The fourth-order valence-corrected chi connectivity index (χ4v) is 0.617. The molecule has 0 spiro atoms. The van der Waals surface area contributed by atoms with Crippen molar-refractivity contribution in [2.45, 2.75) is 0 Å². The molecule has 0 fully saturated rings. The Kier molecular flexibility index (Phi) is 1.72. The van der Waals surface area contributed by atoms with E-state index in [2.05, 4.69) is 27.5 Å². The maximum atomic E-state index is 4.40. The predicted molar refractivity (Wildman–Crippen MR) is 37.9 cm³/mol. The third-order valence-electron chi connectivity index (χ3n) is 0.955. The van der Waals surface area contributed by atoms with Gasteiger partial charge in [-0.15, -0.1) is 0 Å². The lowest BCUT2D eigenvalue weighted by Gasteiger charge is -1.87. The van der Waals surface area contributed by atoms with Gasteiger partial charge in [0.15, 0.2) is 5.82 Å². The highest BCUT2D eigenvalue weighted by atomic mass is 32.1. The van der Waals surface area contributed by atoms with E-state index in [0.29, 0.717) is 0 Å². The van der Waals surface area contributed by atoms with Gasteiger partial charge in [0.25, 0.3) is 0 Å². The van der Waals surface area contributed by atoms with Crippen molar-refractivity contribution in [3.63, 3.8) is 0 Å². The lowest BCUT2D eigenvalue weighted by atomic mass is 10.6. The molecule has 1 heterocycles. The van der Waals surface area contributed by atoms with Crippen LogP contribution in [0.15, 0.2) is 17.3 Å². The van der Waals surface area contributed by atoms with Crippen LogP contribution in [-0.2, 0) is 7.05 Å². The second kappa shape index (κ2) is 2.53. The van der Waals surface area contributed by atoms with Crippen molar-refractivity contribution in [1.29, 1.82) is 0 Å². The zero-order valence-corrected chi connectivity index (χ0v) is 5.72. The third kappa shape index (κ3) is 1.22. The maximum absolute atomic E-state index is 4.40. The van der Waals surface area contributed by atoms with E-state index in [4.69, 9.17) is 0 Å². The zero-order chi connectivity index (χ0) is 6.69. The summed E-state index contributed by atoms with van der Waals surface area (Å²) in [4.78, 5) is 3.73. The van der Waals surface area contributed by atoms with Gasteiger partial charge in [-0.1, -0.05) is 0 Å². The smallest absolute Gasteiger partial charge is 0.160 e. The minimum Gasteiger partial charge on any atom is -0.250 e. The second-order valence-corrected chi connectivity index (χ2v) is 1.70. The first-order valence-electron chi connectivity index (χ1n) is 2.40. The molecule has 4 heteroatoms. The number of thiocarbonyl (C=S) groups is 1. The lowest BCUT2D eigenvalue weighted by molar-refractivity contribution is 0.771. The zero-order valence-electron chi connectivity index (χ0n) is 4.90. The molecule has 0 amide bonds. The molecular weight excluding hydrogens is 134 g/mol. The summed E-state index contributed by atoms with van der Waals surface area (Å²) in [6.45, 7) is 0. The summed E-state index contributed by atoms with van der Waals surface area (Å²) in [7, 11) is 1.80. The van der Waals surface area contributed by atoms with Gasteiger partial charge in [0.2, 0.25) is 0 Å². The second-order valence-electron chi connectivity index (χ2n) is 1.52. The van der Waals surface area contributed by atoms with Gasteiger partial charge in [0.1, 0.15) is 0 Å². The van der Waals surface area contributed by atoms with Gasteiger partial charge in [0, 0.05) is 13.1 Å². The molecule has 0 radical (unpaired) electrons. The number of aliphatic imine (C=N–C) groups is 1. The monoisotopic (exact) mass is 139 g/mol. The van der Waals surface area contributed by atoms with Gasteiger partial charge in [-0.05, 0) is 12.2 Å². The van der Waals surface area contributed by atoms with Gasteiger partial charge < -0.3 is 0 Å². The van der Waals surface area contributed by atoms with Crippen LogP contribution in [-0.4, -0.2) is 14.9 Å². The number of rotatable bonds is 1. The van der Waals surface area contributed by atoms with E-state index in [1.165, 1.54) is 0 Å². The first kappa shape index (κ1) is 6.13. The predicted octanol–water partition coefficient (Wildman–Crippen LogP) is 1.15. The van der Waals surface area contributed by atoms with E-state index < -0.39 is 0 Å². The highest BCUT2D eigenvalue weighted by molar-refractivity contribution is 7.78. The first-order valence-corrected chi connectivity index (χ1v) is 2.81. The Hall–Kier alpha value is -0.990. The van der Waals surface area contributed by atoms with Crippen LogP contribution in [0, 0.1) is 0 Å².